The molecule has 1 aromatic heterocycles. The van der Waals surface area contributed by atoms with Gasteiger partial charge in [-0.2, -0.15) is 5.10 Å². The molecule has 0 aliphatic rings. The molecule has 6 nitrogen and oxygen atoms in total. The Morgan fingerprint density at radius 2 is 1.82 bits per heavy atom. The predicted octanol–water partition coefficient (Wildman–Crippen LogP) is 4.13. The van der Waals surface area contributed by atoms with Gasteiger partial charge in [-0.3, -0.25) is 0 Å². The lowest BCUT2D eigenvalue weighted by Gasteiger charge is -2.09. The first-order valence-electron chi connectivity index (χ1n) is 8.88. The number of carbonyl (C=O) groups is 1. The second-order valence-electron chi connectivity index (χ2n) is 5.87. The van der Waals surface area contributed by atoms with Gasteiger partial charge in [-0.15, -0.1) is 0 Å². The van der Waals surface area contributed by atoms with Crippen LogP contribution >= 0.6 is 0 Å². The van der Waals surface area contributed by atoms with Crippen molar-refractivity contribution in [3.8, 4) is 28.4 Å². The van der Waals surface area contributed by atoms with Crippen molar-refractivity contribution in [3.63, 3.8) is 0 Å². The van der Waals surface area contributed by atoms with Crippen LogP contribution in [-0.4, -0.2) is 36.6 Å². The van der Waals surface area contributed by atoms with Crippen molar-refractivity contribution in [3.05, 3.63) is 66.4 Å². The zero-order valence-corrected chi connectivity index (χ0v) is 16.1. The number of rotatable bonds is 7. The van der Waals surface area contributed by atoms with Crippen LogP contribution in [0.4, 0.5) is 0 Å². The van der Waals surface area contributed by atoms with Crippen LogP contribution in [0, 0.1) is 0 Å². The molecule has 3 aromatic rings. The molecule has 0 radical (unpaired) electrons. The molecule has 0 fully saturated rings. The van der Waals surface area contributed by atoms with Crippen molar-refractivity contribution in [1.29, 1.82) is 0 Å². The van der Waals surface area contributed by atoms with E-state index < -0.39 is 5.97 Å². The maximum atomic E-state index is 11.8. The molecule has 0 aliphatic carbocycles. The summed E-state index contributed by atoms with van der Waals surface area (Å²) in [7, 11) is 3.18. The third-order valence-electron chi connectivity index (χ3n) is 4.11. The summed E-state index contributed by atoms with van der Waals surface area (Å²) in [6, 6.07) is 15.4. The van der Waals surface area contributed by atoms with Gasteiger partial charge in [0.05, 0.1) is 26.5 Å². The summed E-state index contributed by atoms with van der Waals surface area (Å²) in [5.41, 5.74) is 3.25. The minimum absolute atomic E-state index is 0.328. The highest BCUT2D eigenvalue weighted by molar-refractivity contribution is 5.88. The van der Waals surface area contributed by atoms with Gasteiger partial charge in [-0.1, -0.05) is 18.2 Å². The summed E-state index contributed by atoms with van der Waals surface area (Å²) in [4.78, 5) is 11.8. The number of hydrogen-bond acceptors (Lipinski definition) is 5. The third kappa shape index (κ3) is 4.23. The Labute approximate surface area is 164 Å². The second-order valence-corrected chi connectivity index (χ2v) is 5.87. The maximum Gasteiger partial charge on any atom is 0.330 e. The molecule has 0 spiro atoms. The first-order chi connectivity index (χ1) is 13.7. The van der Waals surface area contributed by atoms with Gasteiger partial charge in [-0.25, -0.2) is 9.48 Å². The average molecular weight is 378 g/mol. The summed E-state index contributed by atoms with van der Waals surface area (Å²) < 4.78 is 17.5. The highest BCUT2D eigenvalue weighted by atomic mass is 16.5. The SMILES string of the molecule is CCOC(=O)/C=C/c1cn(-c2ccccc2)nc1-c1ccc(OC)c(OC)c1. The Hall–Kier alpha value is -3.54. The summed E-state index contributed by atoms with van der Waals surface area (Å²) in [5, 5.41) is 4.72. The summed E-state index contributed by atoms with van der Waals surface area (Å²) in [6.45, 7) is 2.10. The van der Waals surface area contributed by atoms with Gasteiger partial charge in [0.15, 0.2) is 11.5 Å². The summed E-state index contributed by atoms with van der Waals surface area (Å²) in [5.74, 6) is 0.847. The number of para-hydroxylation sites is 1. The van der Waals surface area contributed by atoms with Crippen molar-refractivity contribution >= 4 is 12.0 Å². The van der Waals surface area contributed by atoms with Crippen LogP contribution in [0.2, 0.25) is 0 Å². The standard InChI is InChI=1S/C22H22N2O4/c1-4-28-21(25)13-11-17-15-24(18-8-6-5-7-9-18)23-22(17)16-10-12-19(26-2)20(14-16)27-3/h5-15H,4H2,1-3H3/b13-11+. The van der Waals surface area contributed by atoms with E-state index in [1.165, 1.54) is 6.08 Å². The number of aromatic nitrogens is 2. The van der Waals surface area contributed by atoms with Crippen molar-refractivity contribution in [2.75, 3.05) is 20.8 Å². The fraction of sp³-hybridized carbons (Fsp3) is 0.182. The molecule has 6 heteroatoms. The number of benzene rings is 2. The van der Waals surface area contributed by atoms with Crippen LogP contribution in [-0.2, 0) is 9.53 Å². The molecule has 0 bridgehead atoms. The van der Waals surface area contributed by atoms with E-state index >= 15 is 0 Å². The summed E-state index contributed by atoms with van der Waals surface area (Å²) >= 11 is 0. The Morgan fingerprint density at radius 1 is 1.07 bits per heavy atom. The zero-order chi connectivity index (χ0) is 19.9. The molecule has 0 amide bonds. The number of ether oxygens (including phenoxy) is 3. The number of methoxy groups -OCH3 is 2. The fourth-order valence-corrected chi connectivity index (χ4v) is 2.78. The van der Waals surface area contributed by atoms with Gasteiger partial charge in [0.1, 0.15) is 5.69 Å². The van der Waals surface area contributed by atoms with Gasteiger partial charge in [0.2, 0.25) is 0 Å². The third-order valence-corrected chi connectivity index (χ3v) is 4.11. The van der Waals surface area contributed by atoms with Gasteiger partial charge in [0, 0.05) is 23.4 Å². The molecular weight excluding hydrogens is 356 g/mol. The van der Waals surface area contributed by atoms with Crippen molar-refractivity contribution in [1.82, 2.24) is 9.78 Å². The molecule has 2 aromatic carbocycles. The molecule has 0 saturated heterocycles. The van der Waals surface area contributed by atoms with Gasteiger partial charge >= 0.3 is 5.97 Å². The lowest BCUT2D eigenvalue weighted by molar-refractivity contribution is -0.137. The molecule has 0 saturated carbocycles. The number of esters is 1. The zero-order valence-electron chi connectivity index (χ0n) is 16.1. The normalized spacial score (nSPS) is 10.8. The van der Waals surface area contributed by atoms with Crippen LogP contribution in [0.5, 0.6) is 11.5 Å². The second kappa shape index (κ2) is 8.90. The van der Waals surface area contributed by atoms with E-state index in [0.717, 1.165) is 16.8 Å². The van der Waals surface area contributed by atoms with Gasteiger partial charge < -0.3 is 14.2 Å². The largest absolute Gasteiger partial charge is 0.493 e. The predicted molar refractivity (Wildman–Crippen MR) is 108 cm³/mol. The van der Waals surface area contributed by atoms with Gasteiger partial charge in [-0.05, 0) is 43.3 Å². The van der Waals surface area contributed by atoms with E-state index in [9.17, 15) is 4.79 Å². The number of carbonyl (C=O) groups excluding carboxylic acids is 1. The molecule has 28 heavy (non-hydrogen) atoms. The molecule has 1 heterocycles. The quantitative estimate of drug-likeness (QED) is 0.457. The molecule has 144 valence electrons. The first-order valence-corrected chi connectivity index (χ1v) is 8.88. The minimum atomic E-state index is -0.395. The topological polar surface area (TPSA) is 62.6 Å². The van der Waals surface area contributed by atoms with E-state index in [1.807, 2.05) is 54.7 Å². The van der Waals surface area contributed by atoms with E-state index in [-0.39, 0.29) is 0 Å². The highest BCUT2D eigenvalue weighted by Gasteiger charge is 2.14. The Kier molecular flexibility index (Phi) is 6.11. The van der Waals surface area contributed by atoms with Crippen LogP contribution in [0.1, 0.15) is 12.5 Å². The fourth-order valence-electron chi connectivity index (χ4n) is 2.78. The average Bonchev–Trinajstić information content (AvgIpc) is 3.17. The van der Waals surface area contributed by atoms with E-state index in [0.29, 0.717) is 23.8 Å². The Bertz CT molecular complexity index is 977. The smallest absolute Gasteiger partial charge is 0.330 e. The highest BCUT2D eigenvalue weighted by Crippen LogP contribution is 2.33. The Balaban J connectivity index is 2.07. The summed E-state index contributed by atoms with van der Waals surface area (Å²) in [6.07, 6.45) is 4.98. The molecule has 0 aliphatic heterocycles. The lowest BCUT2D eigenvalue weighted by atomic mass is 10.1. The van der Waals surface area contributed by atoms with Crippen molar-refractivity contribution in [2.24, 2.45) is 0 Å². The van der Waals surface area contributed by atoms with E-state index in [2.05, 4.69) is 0 Å². The number of hydrogen-bond donors (Lipinski definition) is 0. The van der Waals surface area contributed by atoms with Crippen LogP contribution in [0.3, 0.4) is 0 Å². The molecule has 3 rings (SSSR count). The van der Waals surface area contributed by atoms with Crippen molar-refractivity contribution < 1.29 is 19.0 Å². The van der Waals surface area contributed by atoms with E-state index in [4.69, 9.17) is 19.3 Å². The number of nitrogens with zero attached hydrogens (tertiary/aromatic N) is 2. The van der Waals surface area contributed by atoms with Crippen molar-refractivity contribution in [2.45, 2.75) is 6.92 Å². The Morgan fingerprint density at radius 3 is 2.50 bits per heavy atom. The van der Waals surface area contributed by atoms with Crippen LogP contribution in [0.15, 0.2) is 60.8 Å². The first kappa shape index (κ1) is 19.2. The minimum Gasteiger partial charge on any atom is -0.493 e. The van der Waals surface area contributed by atoms with E-state index in [1.54, 1.807) is 31.9 Å². The van der Waals surface area contributed by atoms with Crippen LogP contribution in [0.25, 0.3) is 23.0 Å². The van der Waals surface area contributed by atoms with Crippen LogP contribution < -0.4 is 9.47 Å². The molecule has 0 N–H and O–H groups in total. The molecule has 0 atom stereocenters. The molecule has 0 unspecified atom stereocenters. The molecular formula is C22H22N2O4. The lowest BCUT2D eigenvalue weighted by Crippen LogP contribution is -1.98. The van der Waals surface area contributed by atoms with Gasteiger partial charge in [0.25, 0.3) is 0 Å². The monoisotopic (exact) mass is 378 g/mol. The maximum absolute atomic E-state index is 11.8.